The predicted octanol–water partition coefficient (Wildman–Crippen LogP) is 2.44. The van der Waals surface area contributed by atoms with E-state index < -0.39 is 5.97 Å². The minimum absolute atomic E-state index is 0.296. The zero-order valence-corrected chi connectivity index (χ0v) is 8.61. The Kier molecular flexibility index (Phi) is 3.25. The molecule has 0 aliphatic rings. The fourth-order valence-corrected chi connectivity index (χ4v) is 1.20. The van der Waals surface area contributed by atoms with Gasteiger partial charge in [-0.1, -0.05) is 12.1 Å². The van der Waals surface area contributed by atoms with Crippen LogP contribution >= 0.6 is 0 Å². The van der Waals surface area contributed by atoms with Crippen molar-refractivity contribution in [1.29, 1.82) is 5.26 Å². The van der Waals surface area contributed by atoms with Gasteiger partial charge in [0, 0.05) is 5.57 Å². The maximum absolute atomic E-state index is 10.7. The van der Waals surface area contributed by atoms with Crippen LogP contribution in [0, 0.1) is 11.3 Å². The summed E-state index contributed by atoms with van der Waals surface area (Å²) in [4.78, 5) is 10.7. The van der Waals surface area contributed by atoms with E-state index in [0.717, 1.165) is 5.56 Å². The van der Waals surface area contributed by atoms with Crippen LogP contribution in [-0.2, 0) is 4.79 Å². The van der Waals surface area contributed by atoms with Crippen LogP contribution in [0.25, 0.3) is 5.57 Å². The normalized spacial score (nSPS) is 11.5. The number of benzene rings is 1. The predicted molar refractivity (Wildman–Crippen MR) is 57.1 cm³/mol. The maximum Gasteiger partial charge on any atom is 0.331 e. The average molecular weight is 201 g/mol. The molecule has 0 unspecified atom stereocenters. The van der Waals surface area contributed by atoms with E-state index in [1.807, 2.05) is 6.07 Å². The second-order valence-electron chi connectivity index (χ2n) is 3.25. The Morgan fingerprint density at radius 3 is 2.60 bits per heavy atom. The number of nitriles is 1. The topological polar surface area (TPSA) is 61.1 Å². The summed E-state index contributed by atoms with van der Waals surface area (Å²) in [6, 6.07) is 8.93. The minimum atomic E-state index is -0.935. The van der Waals surface area contributed by atoms with Gasteiger partial charge in [0.05, 0.1) is 11.6 Å². The van der Waals surface area contributed by atoms with Crippen LogP contribution in [0.2, 0.25) is 0 Å². The van der Waals surface area contributed by atoms with Crippen molar-refractivity contribution in [2.45, 2.75) is 13.8 Å². The third-order valence-electron chi connectivity index (χ3n) is 2.31. The van der Waals surface area contributed by atoms with Gasteiger partial charge < -0.3 is 5.11 Å². The van der Waals surface area contributed by atoms with E-state index in [1.165, 1.54) is 0 Å². The molecule has 0 aliphatic carbocycles. The standard InChI is InChI=1S/C12H11NO2/c1-8(9(2)12(14)15)11-5-3-4-10(6-11)7-13/h3-6H,1-2H3,(H,14,15)/b9-8+. The molecule has 1 rings (SSSR count). The number of hydrogen-bond acceptors (Lipinski definition) is 2. The van der Waals surface area contributed by atoms with Gasteiger partial charge in [-0.15, -0.1) is 0 Å². The highest BCUT2D eigenvalue weighted by atomic mass is 16.4. The molecule has 0 aliphatic heterocycles. The number of carbonyl (C=O) groups is 1. The van der Waals surface area contributed by atoms with Crippen LogP contribution in [-0.4, -0.2) is 11.1 Å². The lowest BCUT2D eigenvalue weighted by Crippen LogP contribution is -1.99. The molecule has 0 bridgehead atoms. The van der Waals surface area contributed by atoms with Gasteiger partial charge in [0.25, 0.3) is 0 Å². The molecule has 0 fully saturated rings. The lowest BCUT2D eigenvalue weighted by atomic mass is 10.0. The summed E-state index contributed by atoms with van der Waals surface area (Å²) in [5, 5.41) is 17.5. The molecular formula is C12H11NO2. The van der Waals surface area contributed by atoms with Crippen molar-refractivity contribution in [1.82, 2.24) is 0 Å². The highest BCUT2D eigenvalue weighted by Gasteiger charge is 2.07. The van der Waals surface area contributed by atoms with Crippen molar-refractivity contribution in [2.24, 2.45) is 0 Å². The number of carboxylic acids is 1. The highest BCUT2D eigenvalue weighted by Crippen LogP contribution is 2.19. The fraction of sp³-hybridized carbons (Fsp3) is 0.167. The molecule has 0 saturated carbocycles. The molecule has 0 atom stereocenters. The molecule has 0 saturated heterocycles. The van der Waals surface area contributed by atoms with Crippen LogP contribution in [0.15, 0.2) is 29.8 Å². The number of aliphatic carboxylic acids is 1. The SMILES string of the molecule is C/C(C(=O)O)=C(/C)c1cccc(C#N)c1. The quantitative estimate of drug-likeness (QED) is 0.747. The average Bonchev–Trinajstić information content (AvgIpc) is 2.27. The highest BCUT2D eigenvalue weighted by molar-refractivity contribution is 5.95. The van der Waals surface area contributed by atoms with Gasteiger partial charge in [-0.25, -0.2) is 4.79 Å². The van der Waals surface area contributed by atoms with Crippen molar-refractivity contribution in [2.75, 3.05) is 0 Å². The van der Waals surface area contributed by atoms with E-state index in [0.29, 0.717) is 16.7 Å². The number of hydrogen-bond donors (Lipinski definition) is 1. The summed E-state index contributed by atoms with van der Waals surface area (Å²) in [6.07, 6.45) is 0. The molecule has 76 valence electrons. The first kappa shape index (κ1) is 11.0. The Balaban J connectivity index is 3.23. The second-order valence-corrected chi connectivity index (χ2v) is 3.25. The number of carboxylic acid groups (broad SMARTS) is 1. The molecular weight excluding hydrogens is 190 g/mol. The lowest BCUT2D eigenvalue weighted by molar-refractivity contribution is -0.132. The minimum Gasteiger partial charge on any atom is -0.478 e. The van der Waals surface area contributed by atoms with Gasteiger partial charge in [0.2, 0.25) is 0 Å². The lowest BCUT2D eigenvalue weighted by Gasteiger charge is -2.04. The van der Waals surface area contributed by atoms with Crippen molar-refractivity contribution >= 4 is 11.5 Å². The summed E-state index contributed by atoms with van der Waals surface area (Å²) in [5.74, 6) is -0.935. The third-order valence-corrected chi connectivity index (χ3v) is 2.31. The molecule has 0 aromatic heterocycles. The first-order valence-electron chi connectivity index (χ1n) is 4.47. The van der Waals surface area contributed by atoms with Crippen LogP contribution in [0.3, 0.4) is 0 Å². The molecule has 3 nitrogen and oxygen atoms in total. The van der Waals surface area contributed by atoms with Gasteiger partial charge in [0.15, 0.2) is 0 Å². The van der Waals surface area contributed by atoms with E-state index >= 15 is 0 Å². The molecule has 1 aromatic carbocycles. The number of allylic oxidation sites excluding steroid dienone is 1. The molecule has 1 aromatic rings. The second kappa shape index (κ2) is 4.43. The molecule has 15 heavy (non-hydrogen) atoms. The van der Waals surface area contributed by atoms with E-state index in [4.69, 9.17) is 10.4 Å². The van der Waals surface area contributed by atoms with Crippen LogP contribution in [0.4, 0.5) is 0 Å². The van der Waals surface area contributed by atoms with Crippen LogP contribution < -0.4 is 0 Å². The van der Waals surface area contributed by atoms with Crippen LogP contribution in [0.1, 0.15) is 25.0 Å². The molecule has 3 heteroatoms. The fourth-order valence-electron chi connectivity index (χ4n) is 1.20. The van der Waals surface area contributed by atoms with E-state index in [2.05, 4.69) is 0 Å². The Hall–Kier alpha value is -2.08. The van der Waals surface area contributed by atoms with E-state index in [1.54, 1.807) is 38.1 Å². The van der Waals surface area contributed by atoms with Crippen LogP contribution in [0.5, 0.6) is 0 Å². The summed E-state index contributed by atoms with van der Waals surface area (Å²) in [5.41, 5.74) is 2.28. The molecule has 0 spiro atoms. The zero-order valence-electron chi connectivity index (χ0n) is 8.61. The summed E-state index contributed by atoms with van der Waals surface area (Å²) >= 11 is 0. The Bertz CT molecular complexity index is 467. The summed E-state index contributed by atoms with van der Waals surface area (Å²) in [6.45, 7) is 3.29. The first-order valence-corrected chi connectivity index (χ1v) is 4.47. The number of nitrogens with zero attached hydrogens (tertiary/aromatic N) is 1. The molecule has 0 radical (unpaired) electrons. The molecule has 0 heterocycles. The zero-order chi connectivity index (χ0) is 11.4. The van der Waals surface area contributed by atoms with E-state index in [-0.39, 0.29) is 0 Å². The van der Waals surface area contributed by atoms with Gasteiger partial charge in [-0.3, -0.25) is 0 Å². The van der Waals surface area contributed by atoms with Gasteiger partial charge >= 0.3 is 5.97 Å². The summed E-state index contributed by atoms with van der Waals surface area (Å²) in [7, 11) is 0. The molecule has 0 amide bonds. The Labute approximate surface area is 88.3 Å². The van der Waals surface area contributed by atoms with Crippen molar-refractivity contribution in [3.63, 3.8) is 0 Å². The first-order chi connectivity index (χ1) is 7.06. The Morgan fingerprint density at radius 2 is 2.07 bits per heavy atom. The van der Waals surface area contributed by atoms with Gasteiger partial charge in [-0.2, -0.15) is 5.26 Å². The number of rotatable bonds is 2. The molecule has 1 N–H and O–H groups in total. The van der Waals surface area contributed by atoms with Gasteiger partial charge in [-0.05, 0) is 37.1 Å². The maximum atomic E-state index is 10.7. The van der Waals surface area contributed by atoms with Crippen molar-refractivity contribution < 1.29 is 9.90 Å². The van der Waals surface area contributed by atoms with E-state index in [9.17, 15) is 4.79 Å². The third kappa shape index (κ3) is 2.44. The smallest absolute Gasteiger partial charge is 0.331 e. The Morgan fingerprint density at radius 1 is 1.40 bits per heavy atom. The summed E-state index contributed by atoms with van der Waals surface area (Å²) < 4.78 is 0. The van der Waals surface area contributed by atoms with Crippen molar-refractivity contribution in [3.8, 4) is 6.07 Å². The monoisotopic (exact) mass is 201 g/mol. The van der Waals surface area contributed by atoms with Gasteiger partial charge in [0.1, 0.15) is 0 Å². The largest absolute Gasteiger partial charge is 0.478 e. The van der Waals surface area contributed by atoms with Crippen molar-refractivity contribution in [3.05, 3.63) is 41.0 Å².